The summed E-state index contributed by atoms with van der Waals surface area (Å²) in [4.78, 5) is 27.9. The van der Waals surface area contributed by atoms with Gasteiger partial charge in [0.2, 0.25) is 11.3 Å². The Labute approximate surface area is 140 Å². The first-order valence-corrected chi connectivity index (χ1v) is 7.79. The van der Waals surface area contributed by atoms with E-state index < -0.39 is 0 Å². The summed E-state index contributed by atoms with van der Waals surface area (Å²) in [6.45, 7) is 0.378. The van der Waals surface area contributed by atoms with Gasteiger partial charge in [0.1, 0.15) is 5.82 Å². The van der Waals surface area contributed by atoms with Crippen LogP contribution in [0.25, 0.3) is 10.9 Å². The van der Waals surface area contributed by atoms with Crippen molar-refractivity contribution in [2.24, 2.45) is 0 Å². The molecule has 0 atom stereocenters. The van der Waals surface area contributed by atoms with Crippen molar-refractivity contribution in [2.45, 2.75) is 13.0 Å². The van der Waals surface area contributed by atoms with Crippen molar-refractivity contribution < 1.29 is 4.79 Å². The Morgan fingerprint density at radius 2 is 2.00 bits per heavy atom. The molecule has 0 aliphatic rings. The van der Waals surface area contributed by atoms with Gasteiger partial charge in [-0.05, 0) is 40.2 Å². The number of anilines is 1. The van der Waals surface area contributed by atoms with Gasteiger partial charge in [0.05, 0.1) is 18.3 Å². The molecule has 0 fully saturated rings. The maximum absolute atomic E-state index is 12.0. The minimum Gasteiger partial charge on any atom is -0.311 e. The van der Waals surface area contributed by atoms with Gasteiger partial charge in [-0.1, -0.05) is 12.1 Å². The number of halogens is 1. The molecule has 1 aromatic carbocycles. The van der Waals surface area contributed by atoms with Crippen LogP contribution in [0.5, 0.6) is 0 Å². The molecule has 2 heterocycles. The fourth-order valence-corrected chi connectivity index (χ4v) is 2.44. The Balaban J connectivity index is 1.71. The van der Waals surface area contributed by atoms with E-state index in [9.17, 15) is 9.59 Å². The minimum absolute atomic E-state index is 0.125. The quantitative estimate of drug-likeness (QED) is 0.763. The van der Waals surface area contributed by atoms with Crippen LogP contribution in [0.4, 0.5) is 5.82 Å². The highest BCUT2D eigenvalue weighted by atomic mass is 79.9. The fraction of sp³-hybridized carbons (Fsp3) is 0.125. The van der Waals surface area contributed by atoms with E-state index in [0.29, 0.717) is 17.7 Å². The molecule has 0 aliphatic carbocycles. The van der Waals surface area contributed by atoms with Crippen molar-refractivity contribution in [3.8, 4) is 0 Å². The second-order valence-electron chi connectivity index (χ2n) is 4.91. The van der Waals surface area contributed by atoms with Crippen LogP contribution in [-0.2, 0) is 11.3 Å². The first-order chi connectivity index (χ1) is 11.1. The second-order valence-corrected chi connectivity index (χ2v) is 5.82. The zero-order chi connectivity index (χ0) is 16.2. The molecule has 0 saturated heterocycles. The lowest BCUT2D eigenvalue weighted by molar-refractivity contribution is -0.116. The third-order valence-corrected chi connectivity index (χ3v) is 3.78. The number of carbonyl (C=O) groups is 1. The predicted molar refractivity (Wildman–Crippen MR) is 91.2 cm³/mol. The monoisotopic (exact) mass is 372 g/mol. The van der Waals surface area contributed by atoms with Gasteiger partial charge in [-0.2, -0.15) is 5.10 Å². The number of hydrogen-bond donors (Lipinski definition) is 1. The van der Waals surface area contributed by atoms with Gasteiger partial charge in [-0.15, -0.1) is 0 Å². The van der Waals surface area contributed by atoms with Crippen LogP contribution < -0.4 is 10.7 Å². The van der Waals surface area contributed by atoms with Crippen molar-refractivity contribution in [2.75, 3.05) is 5.32 Å². The zero-order valence-corrected chi connectivity index (χ0v) is 13.7. The number of nitrogens with zero attached hydrogens (tertiary/aromatic N) is 3. The van der Waals surface area contributed by atoms with Crippen LogP contribution in [0, 0.1) is 0 Å². The maximum Gasteiger partial charge on any atom is 0.227 e. The fourth-order valence-electron chi connectivity index (χ4n) is 2.20. The van der Waals surface area contributed by atoms with Gasteiger partial charge in [0.15, 0.2) is 0 Å². The maximum atomic E-state index is 12.0. The van der Waals surface area contributed by atoms with E-state index in [1.54, 1.807) is 35.1 Å². The Hall–Kier alpha value is -2.54. The summed E-state index contributed by atoms with van der Waals surface area (Å²) in [6, 6.07) is 10.7. The molecule has 2 aromatic heterocycles. The Kier molecular flexibility index (Phi) is 4.47. The highest BCUT2D eigenvalue weighted by Crippen LogP contribution is 2.11. The summed E-state index contributed by atoms with van der Waals surface area (Å²) in [5.74, 6) is 0.334. The van der Waals surface area contributed by atoms with E-state index >= 15 is 0 Å². The highest BCUT2D eigenvalue weighted by Gasteiger charge is 2.07. The predicted octanol–water partition coefficient (Wildman–Crippen LogP) is 2.58. The normalized spacial score (nSPS) is 10.7. The van der Waals surface area contributed by atoms with Crippen molar-refractivity contribution in [1.29, 1.82) is 0 Å². The lowest BCUT2D eigenvalue weighted by Gasteiger charge is -2.09. The Morgan fingerprint density at radius 1 is 1.17 bits per heavy atom. The molecule has 0 bridgehead atoms. The number of pyridine rings is 1. The molecule has 0 unspecified atom stereocenters. The van der Waals surface area contributed by atoms with E-state index in [0.717, 1.165) is 9.99 Å². The molecule has 6 nitrogen and oxygen atoms in total. The van der Waals surface area contributed by atoms with Crippen molar-refractivity contribution in [1.82, 2.24) is 14.8 Å². The summed E-state index contributed by atoms with van der Waals surface area (Å²) in [5.41, 5.74) is 0.593. The third kappa shape index (κ3) is 3.62. The van der Waals surface area contributed by atoms with Crippen LogP contribution in [0.3, 0.4) is 0 Å². The molecule has 116 valence electrons. The van der Waals surface area contributed by atoms with E-state index in [1.807, 2.05) is 12.1 Å². The number of hydrogen-bond acceptors (Lipinski definition) is 4. The molecule has 1 amide bonds. The van der Waals surface area contributed by atoms with Gasteiger partial charge >= 0.3 is 0 Å². The number of aromatic nitrogens is 3. The first-order valence-electron chi connectivity index (χ1n) is 7.00. The number of nitrogens with one attached hydrogen (secondary N) is 1. The van der Waals surface area contributed by atoms with Crippen LogP contribution in [-0.4, -0.2) is 20.7 Å². The van der Waals surface area contributed by atoms with E-state index in [4.69, 9.17) is 0 Å². The van der Waals surface area contributed by atoms with Crippen LogP contribution in [0.1, 0.15) is 6.42 Å². The van der Waals surface area contributed by atoms with Crippen LogP contribution in [0.2, 0.25) is 0 Å². The van der Waals surface area contributed by atoms with Crippen LogP contribution in [0.15, 0.2) is 58.1 Å². The molecule has 0 spiro atoms. The van der Waals surface area contributed by atoms with Crippen molar-refractivity contribution >= 4 is 38.6 Å². The zero-order valence-electron chi connectivity index (χ0n) is 12.1. The molecule has 7 heteroatoms. The van der Waals surface area contributed by atoms with Gasteiger partial charge in [0, 0.05) is 22.5 Å². The van der Waals surface area contributed by atoms with Crippen molar-refractivity contribution in [3.63, 3.8) is 0 Å². The lowest BCUT2D eigenvalue weighted by Crippen LogP contribution is -2.18. The number of rotatable bonds is 4. The van der Waals surface area contributed by atoms with E-state index in [2.05, 4.69) is 31.3 Å². The van der Waals surface area contributed by atoms with Gasteiger partial charge in [0.25, 0.3) is 0 Å². The Bertz CT molecular complexity index is 906. The van der Waals surface area contributed by atoms with Gasteiger partial charge in [-0.25, -0.2) is 4.98 Å². The largest absolute Gasteiger partial charge is 0.311 e. The average molecular weight is 373 g/mol. The summed E-state index contributed by atoms with van der Waals surface area (Å²) >= 11 is 3.29. The summed E-state index contributed by atoms with van der Waals surface area (Å²) < 4.78 is 2.50. The van der Waals surface area contributed by atoms with Crippen LogP contribution >= 0.6 is 15.9 Å². The minimum atomic E-state index is -0.163. The average Bonchev–Trinajstić information content (AvgIpc) is 2.57. The number of carbonyl (C=O) groups excluding carboxylic acids is 1. The molecule has 3 rings (SSSR count). The summed E-state index contributed by atoms with van der Waals surface area (Å²) in [5, 5.41) is 7.42. The standard InChI is InChI=1S/C16H13BrN4O2/c17-11-5-6-15(18-9-11)20-16(23)7-8-21-13-4-2-1-3-12(13)14(22)10-19-21/h1-6,9-10H,7-8H2,(H,18,20,23). The van der Waals surface area contributed by atoms with Crippen molar-refractivity contribution in [3.05, 3.63) is 63.5 Å². The molecular formula is C16H13BrN4O2. The number of amides is 1. The second kappa shape index (κ2) is 6.70. The molecule has 0 aliphatic heterocycles. The van der Waals surface area contributed by atoms with E-state index in [-0.39, 0.29) is 17.8 Å². The molecule has 3 aromatic rings. The SMILES string of the molecule is O=C(CCn1ncc(=O)c2ccccc21)Nc1ccc(Br)cn1. The highest BCUT2D eigenvalue weighted by molar-refractivity contribution is 9.10. The molecule has 1 N–H and O–H groups in total. The topological polar surface area (TPSA) is 76.9 Å². The first kappa shape index (κ1) is 15.4. The molecule has 0 saturated carbocycles. The number of benzene rings is 1. The number of para-hydroxylation sites is 1. The third-order valence-electron chi connectivity index (χ3n) is 3.31. The molecule has 23 heavy (non-hydrogen) atoms. The lowest BCUT2D eigenvalue weighted by atomic mass is 10.2. The summed E-state index contributed by atoms with van der Waals surface area (Å²) in [6.07, 6.45) is 3.13. The number of aryl methyl sites for hydroxylation is 1. The van der Waals surface area contributed by atoms with Gasteiger partial charge < -0.3 is 5.32 Å². The molecular weight excluding hydrogens is 360 g/mol. The number of fused-ring (bicyclic) bond motifs is 1. The smallest absolute Gasteiger partial charge is 0.227 e. The van der Waals surface area contributed by atoms with Gasteiger partial charge in [-0.3, -0.25) is 14.3 Å². The van der Waals surface area contributed by atoms with E-state index in [1.165, 1.54) is 6.20 Å². The summed E-state index contributed by atoms with van der Waals surface area (Å²) in [7, 11) is 0. The molecule has 0 radical (unpaired) electrons. The Morgan fingerprint density at radius 3 is 2.78 bits per heavy atom.